The predicted octanol–water partition coefficient (Wildman–Crippen LogP) is 0.139. The Bertz CT molecular complexity index is 198. The van der Waals surface area contributed by atoms with Crippen LogP contribution in [0.25, 0.3) is 0 Å². The highest BCUT2D eigenvalue weighted by molar-refractivity contribution is 5.78. The zero-order valence-electron chi connectivity index (χ0n) is 6.20. The van der Waals surface area contributed by atoms with Gasteiger partial charge in [0.05, 0.1) is 0 Å². The quantitative estimate of drug-likeness (QED) is 0.357. The predicted molar refractivity (Wildman–Crippen MR) is 37.1 cm³/mol. The maximum atomic E-state index is 10.9. The number of hydroxylamine groups is 1. The molecule has 0 aromatic rings. The standard InChI is InChI=1S/C6H11N2O2/c1-5-3-8(10)6(2)4-7(5)9/h5H,3-4H2,1-2H3/q+1. The van der Waals surface area contributed by atoms with E-state index in [0.717, 1.165) is 9.50 Å². The lowest BCUT2D eigenvalue weighted by molar-refractivity contribution is -0.638. The van der Waals surface area contributed by atoms with Crippen molar-refractivity contribution in [1.29, 1.82) is 0 Å². The van der Waals surface area contributed by atoms with Crippen LogP contribution in [0.2, 0.25) is 0 Å². The van der Waals surface area contributed by atoms with Gasteiger partial charge in [-0.05, 0) is 0 Å². The van der Waals surface area contributed by atoms with Gasteiger partial charge in [0.15, 0.2) is 0 Å². The Morgan fingerprint density at radius 1 is 1.70 bits per heavy atom. The zero-order valence-corrected chi connectivity index (χ0v) is 6.20. The first kappa shape index (κ1) is 7.18. The molecule has 10 heavy (non-hydrogen) atoms. The molecule has 0 radical (unpaired) electrons. The van der Waals surface area contributed by atoms with E-state index in [0.29, 0.717) is 12.3 Å². The average molecular weight is 143 g/mol. The van der Waals surface area contributed by atoms with Crippen molar-refractivity contribution in [3.63, 3.8) is 0 Å². The van der Waals surface area contributed by atoms with Crippen LogP contribution in [0, 0.1) is 10.1 Å². The molecule has 1 unspecified atom stereocenters. The van der Waals surface area contributed by atoms with E-state index in [1.165, 1.54) is 0 Å². The van der Waals surface area contributed by atoms with Gasteiger partial charge in [-0.15, -0.1) is 0 Å². The minimum Gasteiger partial charge on any atom is -0.623 e. The zero-order chi connectivity index (χ0) is 7.72. The third kappa shape index (κ3) is 1.15. The largest absolute Gasteiger partial charge is 0.623 e. The molecule has 1 aliphatic heterocycles. The second-order valence-electron chi connectivity index (χ2n) is 2.72. The van der Waals surface area contributed by atoms with Gasteiger partial charge in [-0.25, -0.2) is 4.74 Å². The molecule has 4 heteroatoms. The fraction of sp³-hybridized carbons (Fsp3) is 0.833. The fourth-order valence-electron chi connectivity index (χ4n) is 0.947. The molecule has 0 amide bonds. The van der Waals surface area contributed by atoms with Crippen molar-refractivity contribution < 1.29 is 9.50 Å². The van der Waals surface area contributed by atoms with E-state index in [2.05, 4.69) is 0 Å². The highest BCUT2D eigenvalue weighted by Crippen LogP contribution is 1.98. The van der Waals surface area contributed by atoms with Crippen LogP contribution >= 0.6 is 0 Å². The Hall–Kier alpha value is -0.930. The highest BCUT2D eigenvalue weighted by Gasteiger charge is 2.31. The lowest BCUT2D eigenvalue weighted by Crippen LogP contribution is -2.41. The van der Waals surface area contributed by atoms with Gasteiger partial charge in [0.1, 0.15) is 0 Å². The van der Waals surface area contributed by atoms with E-state index < -0.39 is 0 Å². The number of hydrogen-bond acceptors (Lipinski definition) is 2. The molecular weight excluding hydrogens is 132 g/mol. The lowest BCUT2D eigenvalue weighted by Gasteiger charge is -2.12. The van der Waals surface area contributed by atoms with Crippen molar-refractivity contribution in [1.82, 2.24) is 0 Å². The molecule has 1 aliphatic rings. The molecule has 1 atom stereocenters. The smallest absolute Gasteiger partial charge is 0.271 e. The summed E-state index contributed by atoms with van der Waals surface area (Å²) in [7, 11) is 0. The van der Waals surface area contributed by atoms with Crippen LogP contribution in [-0.4, -0.2) is 34.3 Å². The molecule has 0 bridgehead atoms. The summed E-state index contributed by atoms with van der Waals surface area (Å²) in [4.78, 5) is 10.9. The Labute approximate surface area is 59.3 Å². The Morgan fingerprint density at radius 3 is 2.80 bits per heavy atom. The van der Waals surface area contributed by atoms with Gasteiger partial charge in [0, 0.05) is 23.5 Å². The number of hydrogen-bond donors (Lipinski definition) is 0. The first-order chi connectivity index (χ1) is 4.61. The second-order valence-corrected chi connectivity index (χ2v) is 2.72. The maximum absolute atomic E-state index is 10.9. The SMILES string of the molecule is CC1=[N+]([O-])CC(C)[N+](=O)C1. The Morgan fingerprint density at radius 2 is 2.30 bits per heavy atom. The summed E-state index contributed by atoms with van der Waals surface area (Å²) >= 11 is 0. The topological polar surface area (TPSA) is 46.1 Å². The maximum Gasteiger partial charge on any atom is 0.271 e. The van der Waals surface area contributed by atoms with E-state index in [1.54, 1.807) is 13.8 Å². The van der Waals surface area contributed by atoms with Crippen LogP contribution in [0.4, 0.5) is 0 Å². The molecule has 1 rings (SSSR count). The summed E-state index contributed by atoms with van der Waals surface area (Å²) in [5.74, 6) is 0. The van der Waals surface area contributed by atoms with Gasteiger partial charge >= 0.3 is 0 Å². The first-order valence-electron chi connectivity index (χ1n) is 3.32. The number of nitrogens with zero attached hydrogens (tertiary/aromatic N) is 2. The molecule has 0 aromatic carbocycles. The molecule has 0 saturated carbocycles. The van der Waals surface area contributed by atoms with E-state index in [1.807, 2.05) is 0 Å². The van der Waals surface area contributed by atoms with Crippen LogP contribution in [0.1, 0.15) is 13.8 Å². The van der Waals surface area contributed by atoms with Crippen molar-refractivity contribution in [2.45, 2.75) is 19.9 Å². The number of rotatable bonds is 0. The summed E-state index contributed by atoms with van der Waals surface area (Å²) in [6.45, 7) is 3.99. The van der Waals surface area contributed by atoms with Crippen molar-refractivity contribution in [2.24, 2.45) is 0 Å². The van der Waals surface area contributed by atoms with Crippen LogP contribution in [-0.2, 0) is 0 Å². The van der Waals surface area contributed by atoms with Gasteiger partial charge < -0.3 is 5.21 Å². The van der Waals surface area contributed by atoms with E-state index in [9.17, 15) is 10.1 Å². The fourth-order valence-corrected chi connectivity index (χ4v) is 0.947. The molecule has 4 nitrogen and oxygen atoms in total. The molecular formula is C6H11N2O2+. The van der Waals surface area contributed by atoms with Crippen molar-refractivity contribution in [3.05, 3.63) is 10.1 Å². The third-order valence-electron chi connectivity index (χ3n) is 1.73. The van der Waals surface area contributed by atoms with Crippen LogP contribution in [0.15, 0.2) is 0 Å². The Kier molecular flexibility index (Phi) is 1.70. The third-order valence-corrected chi connectivity index (χ3v) is 1.73. The summed E-state index contributed by atoms with van der Waals surface area (Å²) < 4.78 is 1.82. The van der Waals surface area contributed by atoms with Gasteiger partial charge in [-0.2, -0.15) is 0 Å². The summed E-state index contributed by atoms with van der Waals surface area (Å²) in [5.41, 5.74) is 0.605. The van der Waals surface area contributed by atoms with Crippen molar-refractivity contribution in [3.8, 4) is 0 Å². The molecule has 0 saturated heterocycles. The molecule has 0 aliphatic carbocycles. The summed E-state index contributed by atoms with van der Waals surface area (Å²) in [6, 6.07) is -0.166. The Balaban J connectivity index is 2.79. The van der Waals surface area contributed by atoms with Crippen LogP contribution in [0.5, 0.6) is 0 Å². The van der Waals surface area contributed by atoms with Gasteiger partial charge in [0.2, 0.25) is 12.3 Å². The van der Waals surface area contributed by atoms with E-state index >= 15 is 0 Å². The first-order valence-corrected chi connectivity index (χ1v) is 3.32. The van der Waals surface area contributed by atoms with Crippen LogP contribution < -0.4 is 0 Å². The summed E-state index contributed by atoms with van der Waals surface area (Å²) in [5, 5.41) is 10.9. The van der Waals surface area contributed by atoms with E-state index in [4.69, 9.17) is 0 Å². The minimum atomic E-state index is -0.166. The van der Waals surface area contributed by atoms with Gasteiger partial charge in [-0.3, -0.25) is 0 Å². The minimum absolute atomic E-state index is 0.166. The van der Waals surface area contributed by atoms with Crippen molar-refractivity contribution >= 4 is 5.71 Å². The molecule has 0 aromatic heterocycles. The molecule has 0 N–H and O–H groups in total. The molecule has 0 fully saturated rings. The average Bonchev–Trinajstić information content (AvgIpc) is 1.84. The summed E-state index contributed by atoms with van der Waals surface area (Å²) in [6.07, 6.45) is 0. The molecule has 1 heterocycles. The highest BCUT2D eigenvalue weighted by atomic mass is 16.5. The monoisotopic (exact) mass is 143 g/mol. The van der Waals surface area contributed by atoms with Crippen molar-refractivity contribution in [2.75, 3.05) is 13.1 Å². The van der Waals surface area contributed by atoms with E-state index in [-0.39, 0.29) is 12.6 Å². The van der Waals surface area contributed by atoms with Crippen LogP contribution in [0.3, 0.4) is 0 Å². The normalized spacial score (nSPS) is 27.4. The van der Waals surface area contributed by atoms with Gasteiger partial charge in [0.25, 0.3) is 12.6 Å². The molecule has 0 spiro atoms. The second kappa shape index (κ2) is 2.36. The lowest BCUT2D eigenvalue weighted by atomic mass is 10.2. The molecule has 56 valence electrons. The van der Waals surface area contributed by atoms with Gasteiger partial charge in [-0.1, -0.05) is 0 Å². The number of nitroso groups, excluding NO2 is 1.